The second-order valence-corrected chi connectivity index (χ2v) is 12.2. The van der Waals surface area contributed by atoms with Crippen LogP contribution in [0.5, 0.6) is 5.88 Å². The lowest BCUT2D eigenvalue weighted by Gasteiger charge is -2.29. The first-order chi connectivity index (χ1) is 22.2. The first-order valence-electron chi connectivity index (χ1n) is 15.8. The molecule has 0 aliphatic heterocycles. The van der Waals surface area contributed by atoms with Crippen LogP contribution in [0, 0.1) is 0 Å². The summed E-state index contributed by atoms with van der Waals surface area (Å²) >= 11 is 0. The summed E-state index contributed by atoms with van der Waals surface area (Å²) in [6, 6.07) is 11.9. The molecule has 2 aliphatic rings. The zero-order valence-corrected chi connectivity index (χ0v) is 25.7. The molecular weight excluding hydrogens is 599 g/mol. The van der Waals surface area contributed by atoms with E-state index in [2.05, 4.69) is 31.4 Å². The highest BCUT2D eigenvalue weighted by molar-refractivity contribution is 5.67. The van der Waals surface area contributed by atoms with E-state index in [-0.39, 0.29) is 37.1 Å². The van der Waals surface area contributed by atoms with Gasteiger partial charge in [0.15, 0.2) is 5.82 Å². The van der Waals surface area contributed by atoms with E-state index in [0.717, 1.165) is 81.1 Å². The Labute approximate surface area is 265 Å². The van der Waals surface area contributed by atoms with Gasteiger partial charge in [-0.3, -0.25) is 4.68 Å². The summed E-state index contributed by atoms with van der Waals surface area (Å²) in [5.41, 5.74) is 1.41. The third-order valence-corrected chi connectivity index (χ3v) is 9.20. The van der Waals surface area contributed by atoms with Gasteiger partial charge >= 0.3 is 12.3 Å². The topological polar surface area (TPSA) is 109 Å². The van der Waals surface area contributed by atoms with Crippen molar-refractivity contribution >= 4 is 6.09 Å². The number of halogens is 3. The highest BCUT2D eigenvalue weighted by Gasteiger charge is 2.32. The van der Waals surface area contributed by atoms with Crippen LogP contribution in [0.4, 0.5) is 18.0 Å². The largest absolute Gasteiger partial charge is 0.469 e. The Morgan fingerprint density at radius 2 is 1.70 bits per heavy atom. The Hall–Kier alpha value is -4.42. The summed E-state index contributed by atoms with van der Waals surface area (Å²) in [5, 5.41) is 16.4. The lowest BCUT2D eigenvalue weighted by molar-refractivity contribution is -0.137. The molecule has 0 unspecified atom stereocenters. The molecule has 2 aliphatic carbocycles. The molecule has 6 rings (SSSR count). The van der Waals surface area contributed by atoms with E-state index >= 15 is 0 Å². The number of ether oxygens (including phenoxy) is 2. The van der Waals surface area contributed by atoms with E-state index < -0.39 is 11.7 Å². The first-order valence-corrected chi connectivity index (χ1v) is 15.8. The number of nitrogens with zero attached hydrogens (tertiary/aromatic N) is 6. The molecule has 46 heavy (non-hydrogen) atoms. The van der Waals surface area contributed by atoms with E-state index in [0.29, 0.717) is 17.8 Å². The van der Waals surface area contributed by atoms with Crippen molar-refractivity contribution in [1.29, 1.82) is 0 Å². The van der Waals surface area contributed by atoms with Gasteiger partial charge in [-0.25, -0.2) is 9.78 Å². The minimum Gasteiger partial charge on any atom is -0.469 e. The molecule has 4 aromatic rings. The molecule has 2 fully saturated rings. The summed E-state index contributed by atoms with van der Waals surface area (Å²) in [6.45, 7) is 0.238. The van der Waals surface area contributed by atoms with Crippen LogP contribution in [0.15, 0.2) is 61.1 Å². The maximum atomic E-state index is 13.0. The number of alkyl carbamates (subject to hydrolysis) is 1. The van der Waals surface area contributed by atoms with Gasteiger partial charge in [-0.1, -0.05) is 30.3 Å². The molecule has 2 saturated carbocycles. The monoisotopic (exact) mass is 637 g/mol. The second kappa shape index (κ2) is 13.9. The molecule has 244 valence electrons. The number of aromatic nitrogens is 6. The minimum atomic E-state index is -4.46. The molecule has 1 N–H and O–H groups in total. The van der Waals surface area contributed by atoms with Crippen LogP contribution >= 0.6 is 0 Å². The van der Waals surface area contributed by atoms with Gasteiger partial charge in [-0.15, -0.1) is 10.2 Å². The molecule has 0 radical (unpaired) electrons. The van der Waals surface area contributed by atoms with Crippen LogP contribution in [0.25, 0.3) is 0 Å². The first kappa shape index (κ1) is 31.6. The van der Waals surface area contributed by atoms with Crippen molar-refractivity contribution in [1.82, 2.24) is 34.8 Å². The van der Waals surface area contributed by atoms with E-state index in [9.17, 15) is 18.0 Å². The fourth-order valence-corrected chi connectivity index (χ4v) is 6.52. The predicted octanol–water partition coefficient (Wildman–Crippen LogP) is 6.86. The zero-order chi connectivity index (χ0) is 32.1. The number of carbonyl (C=O) groups is 1. The van der Waals surface area contributed by atoms with E-state index in [4.69, 9.17) is 14.6 Å². The standard InChI is InChI=1S/C33H38F3N7O3/c1-42-29(21-45-30-17-26(15-16-37-30)33(34,35)36)40-41-31(42)24-9-7-23(8-10-24)25-18-38-43(19-25)28-13-11-27(12-14-28)39-32(44)46-20-22-5-3-2-4-6-22/h2-6,15-19,23-24,27-28H,7-14,20-21H2,1H3,(H,39,44). The third kappa shape index (κ3) is 7.68. The molecule has 10 nitrogen and oxygen atoms in total. The average molecular weight is 638 g/mol. The molecule has 0 atom stereocenters. The summed E-state index contributed by atoms with van der Waals surface area (Å²) < 4.78 is 53.9. The highest BCUT2D eigenvalue weighted by atomic mass is 19.4. The number of hydrogen-bond donors (Lipinski definition) is 1. The highest BCUT2D eigenvalue weighted by Crippen LogP contribution is 2.40. The summed E-state index contributed by atoms with van der Waals surface area (Å²) in [6.07, 6.45) is 8.00. The van der Waals surface area contributed by atoms with E-state index in [1.807, 2.05) is 48.1 Å². The molecular formula is C33H38F3N7O3. The summed E-state index contributed by atoms with van der Waals surface area (Å²) in [4.78, 5) is 16.2. The third-order valence-electron chi connectivity index (χ3n) is 9.20. The Morgan fingerprint density at radius 1 is 0.957 bits per heavy atom. The van der Waals surface area contributed by atoms with Gasteiger partial charge in [0.05, 0.1) is 17.8 Å². The molecule has 1 amide bonds. The number of amides is 1. The van der Waals surface area contributed by atoms with Gasteiger partial charge in [0.25, 0.3) is 0 Å². The molecule has 0 saturated heterocycles. The molecule has 3 aromatic heterocycles. The number of carbonyl (C=O) groups excluding carboxylic acids is 1. The molecule has 3 heterocycles. The van der Waals surface area contributed by atoms with Crippen molar-refractivity contribution in [2.45, 2.75) is 94.7 Å². The van der Waals surface area contributed by atoms with Crippen molar-refractivity contribution in [3.63, 3.8) is 0 Å². The number of nitrogens with one attached hydrogen (secondary N) is 1. The molecule has 0 spiro atoms. The van der Waals surface area contributed by atoms with Crippen LogP contribution in [0.1, 0.15) is 97.6 Å². The van der Waals surface area contributed by atoms with Gasteiger partial charge in [-0.2, -0.15) is 18.3 Å². The van der Waals surface area contributed by atoms with Crippen LogP contribution in [0.2, 0.25) is 0 Å². The van der Waals surface area contributed by atoms with E-state index in [1.54, 1.807) is 0 Å². The lowest BCUT2D eigenvalue weighted by atomic mass is 9.79. The Bertz CT molecular complexity index is 1590. The Balaban J connectivity index is 0.947. The normalized spacial score (nSPS) is 21.9. The van der Waals surface area contributed by atoms with Crippen molar-refractivity contribution in [3.05, 3.63) is 89.4 Å². The number of alkyl halides is 3. The summed E-state index contributed by atoms with van der Waals surface area (Å²) in [7, 11) is 1.86. The Morgan fingerprint density at radius 3 is 2.43 bits per heavy atom. The number of rotatable bonds is 9. The van der Waals surface area contributed by atoms with Gasteiger partial charge in [0.1, 0.15) is 19.0 Å². The van der Waals surface area contributed by atoms with Gasteiger partial charge < -0.3 is 19.4 Å². The molecule has 13 heteroatoms. The quantitative estimate of drug-likeness (QED) is 0.214. The number of pyridine rings is 1. The maximum absolute atomic E-state index is 13.0. The van der Waals surface area contributed by atoms with Crippen molar-refractivity contribution in [2.24, 2.45) is 7.05 Å². The SMILES string of the molecule is Cn1c(COc2cc(C(F)(F)F)ccn2)nnc1C1CCC(c2cnn(C3CCC(NC(=O)OCc4ccccc4)CC3)c2)CC1. The molecule has 0 bridgehead atoms. The van der Waals surface area contributed by atoms with Crippen molar-refractivity contribution < 1.29 is 27.4 Å². The van der Waals surface area contributed by atoms with Crippen molar-refractivity contribution in [2.75, 3.05) is 0 Å². The number of benzene rings is 1. The van der Waals surface area contributed by atoms with E-state index in [1.165, 1.54) is 5.56 Å². The Kier molecular flexibility index (Phi) is 9.55. The van der Waals surface area contributed by atoms with Gasteiger partial charge in [0.2, 0.25) is 5.88 Å². The summed E-state index contributed by atoms with van der Waals surface area (Å²) in [5.74, 6) is 1.95. The number of hydrogen-bond acceptors (Lipinski definition) is 7. The smallest absolute Gasteiger partial charge is 0.416 e. The second-order valence-electron chi connectivity index (χ2n) is 12.2. The lowest BCUT2D eigenvalue weighted by Crippen LogP contribution is -2.38. The van der Waals surface area contributed by atoms with Crippen LogP contribution in [0.3, 0.4) is 0 Å². The average Bonchev–Trinajstić information content (AvgIpc) is 3.71. The van der Waals surface area contributed by atoms with Crippen LogP contribution in [-0.2, 0) is 31.2 Å². The minimum absolute atomic E-state index is 0.0251. The van der Waals surface area contributed by atoms with Gasteiger partial charge in [-0.05, 0) is 74.5 Å². The van der Waals surface area contributed by atoms with Crippen LogP contribution < -0.4 is 10.1 Å². The predicted molar refractivity (Wildman–Crippen MR) is 162 cm³/mol. The molecule has 1 aromatic carbocycles. The zero-order valence-electron chi connectivity index (χ0n) is 25.7. The fourth-order valence-electron chi connectivity index (χ4n) is 6.52. The fraction of sp³-hybridized carbons (Fsp3) is 0.485. The van der Waals surface area contributed by atoms with Crippen molar-refractivity contribution in [3.8, 4) is 5.88 Å². The maximum Gasteiger partial charge on any atom is 0.416 e. The van der Waals surface area contributed by atoms with Crippen LogP contribution in [-0.4, -0.2) is 41.7 Å². The van der Waals surface area contributed by atoms with Gasteiger partial charge in [0, 0.05) is 37.5 Å².